The smallest absolute Gasteiger partial charge is 0.0969 e. The van der Waals surface area contributed by atoms with Gasteiger partial charge in [0.25, 0.3) is 0 Å². The van der Waals surface area contributed by atoms with Crippen molar-refractivity contribution in [1.29, 1.82) is 0 Å². The number of likely N-dealkylation sites (N-methyl/N-ethyl adjacent to an activating group) is 1. The van der Waals surface area contributed by atoms with E-state index < -0.39 is 0 Å². The molecule has 0 saturated heterocycles. The largest absolute Gasteiger partial charge is 1.00 e. The van der Waals surface area contributed by atoms with E-state index in [0.29, 0.717) is 0 Å². The predicted molar refractivity (Wildman–Crippen MR) is 113 cm³/mol. The predicted octanol–water partition coefficient (Wildman–Crippen LogP) is 3.79. The summed E-state index contributed by atoms with van der Waals surface area (Å²) >= 11 is 0. The molecule has 0 aromatic heterocycles. The van der Waals surface area contributed by atoms with E-state index in [9.17, 15) is 0 Å². The first-order valence-electron chi connectivity index (χ1n) is 10.7. The van der Waals surface area contributed by atoms with Crippen molar-refractivity contribution in [3.8, 4) is 0 Å². The number of hydrogen-bond acceptors (Lipinski definition) is 0. The summed E-state index contributed by atoms with van der Waals surface area (Å²) in [7, 11) is 2.40. The van der Waals surface area contributed by atoms with Crippen molar-refractivity contribution in [2.75, 3.05) is 26.7 Å². The Kier molecular flexibility index (Phi) is 15.9. The van der Waals surface area contributed by atoms with Gasteiger partial charge in [-0.3, -0.25) is 0 Å². The molecule has 1 nitrogen and oxygen atoms in total. The molecule has 0 amide bonds. The van der Waals surface area contributed by atoms with Crippen molar-refractivity contribution in [1.82, 2.24) is 0 Å². The van der Waals surface area contributed by atoms with Gasteiger partial charge in [-0.15, -0.1) is 0 Å². The molecule has 1 unspecified atom stereocenters. The molecule has 0 aliphatic heterocycles. The topological polar surface area (TPSA) is 0 Å². The molecule has 1 aromatic carbocycles. The average Bonchev–Trinajstić information content (AvgIpc) is 2.63. The Morgan fingerprint density at radius 1 is 0.808 bits per heavy atom. The van der Waals surface area contributed by atoms with Crippen LogP contribution < -0.4 is 12.4 Å². The van der Waals surface area contributed by atoms with Crippen LogP contribution in [0, 0.1) is 0 Å². The van der Waals surface area contributed by atoms with Crippen LogP contribution in [0.3, 0.4) is 0 Å². The third-order valence-electron chi connectivity index (χ3n) is 5.40. The van der Waals surface area contributed by atoms with Crippen LogP contribution in [0.1, 0.15) is 76.7 Å². The summed E-state index contributed by atoms with van der Waals surface area (Å²) in [6.07, 6.45) is 17.4. The van der Waals surface area contributed by atoms with Crippen LogP contribution in [0.4, 0.5) is 0 Å². The van der Waals surface area contributed by atoms with Crippen molar-refractivity contribution >= 4 is 0 Å². The van der Waals surface area contributed by atoms with Gasteiger partial charge in [-0.25, -0.2) is 0 Å². The Hall–Kier alpha value is -0.790. The van der Waals surface area contributed by atoms with Gasteiger partial charge in [0.05, 0.1) is 26.7 Å². The van der Waals surface area contributed by atoms with Gasteiger partial charge in [0.15, 0.2) is 0 Å². The lowest BCUT2D eigenvalue weighted by atomic mass is 10.1. The fourth-order valence-electron chi connectivity index (χ4n) is 3.63. The fraction of sp³-hybridized carbons (Fsp3) is 0.667. The van der Waals surface area contributed by atoms with Crippen LogP contribution >= 0.6 is 0 Å². The summed E-state index contributed by atoms with van der Waals surface area (Å²) in [5, 5.41) is 0. The molecule has 1 rings (SSSR count). The third-order valence-corrected chi connectivity index (χ3v) is 5.40. The van der Waals surface area contributed by atoms with Gasteiger partial charge in [0.1, 0.15) is 0 Å². The molecule has 1 aromatic rings. The Balaban J connectivity index is 0.00000625. The van der Waals surface area contributed by atoms with E-state index in [1.807, 2.05) is 0 Å². The van der Waals surface area contributed by atoms with Crippen LogP contribution in [0.2, 0.25) is 0 Å². The van der Waals surface area contributed by atoms with E-state index in [1.54, 1.807) is 0 Å². The first-order chi connectivity index (χ1) is 12.2. The molecule has 0 heterocycles. The molecule has 0 radical (unpaired) electrons. The molecule has 0 fully saturated rings. The third kappa shape index (κ3) is 12.5. The molecule has 0 bridgehead atoms. The Labute approximate surface area is 169 Å². The Bertz CT molecular complexity index is 431. The Morgan fingerprint density at radius 2 is 1.35 bits per heavy atom. The molecular formula is C24H42ClN. The fourth-order valence-corrected chi connectivity index (χ4v) is 3.63. The highest BCUT2D eigenvalue weighted by Crippen LogP contribution is 2.14. The van der Waals surface area contributed by atoms with Gasteiger partial charge in [-0.1, -0.05) is 95.2 Å². The molecule has 0 spiro atoms. The molecule has 26 heavy (non-hydrogen) atoms. The van der Waals surface area contributed by atoms with Gasteiger partial charge in [-0.05, 0) is 24.5 Å². The van der Waals surface area contributed by atoms with Crippen LogP contribution in [0.5, 0.6) is 0 Å². The number of nitrogens with zero attached hydrogens (tertiary/aromatic N) is 1. The average molecular weight is 380 g/mol. The summed E-state index contributed by atoms with van der Waals surface area (Å²) in [6, 6.07) is 10.9. The van der Waals surface area contributed by atoms with E-state index in [1.165, 1.54) is 89.3 Å². The van der Waals surface area contributed by atoms with Gasteiger partial charge in [0.2, 0.25) is 0 Å². The number of benzene rings is 1. The SMILES string of the molecule is C=CC[N+](C)(CCCCCCCCCCCC)CCc1ccccc1.[Cl-]. The summed E-state index contributed by atoms with van der Waals surface area (Å²) in [4.78, 5) is 0. The van der Waals surface area contributed by atoms with Crippen LogP contribution in [0.15, 0.2) is 43.0 Å². The zero-order valence-corrected chi connectivity index (χ0v) is 18.2. The highest BCUT2D eigenvalue weighted by molar-refractivity contribution is 5.14. The second-order valence-corrected chi connectivity index (χ2v) is 7.96. The van der Waals surface area contributed by atoms with E-state index in [-0.39, 0.29) is 12.4 Å². The highest BCUT2D eigenvalue weighted by atomic mass is 35.5. The number of quaternary nitrogens is 1. The standard InChI is InChI=1S/C24H42N.ClH/c1-4-6-7-8-9-10-11-12-13-17-22-25(3,21-5-2)23-20-24-18-15-14-16-19-24;/h5,14-16,18-19H,2,4,6-13,17,20-23H2,1,3H3;1H/q+1;/p-1. The number of halogens is 1. The normalized spacial score (nSPS) is 13.0. The minimum absolute atomic E-state index is 0. The lowest BCUT2D eigenvalue weighted by molar-refractivity contribution is -0.904. The van der Waals surface area contributed by atoms with Crippen LogP contribution in [-0.2, 0) is 6.42 Å². The summed E-state index contributed by atoms with van der Waals surface area (Å²) in [5.41, 5.74) is 1.46. The van der Waals surface area contributed by atoms with Crippen molar-refractivity contribution in [2.45, 2.75) is 77.6 Å². The van der Waals surface area contributed by atoms with Crippen molar-refractivity contribution in [3.05, 3.63) is 48.6 Å². The minimum atomic E-state index is 0. The van der Waals surface area contributed by atoms with E-state index in [0.717, 1.165) is 11.0 Å². The second-order valence-electron chi connectivity index (χ2n) is 7.96. The number of rotatable bonds is 16. The molecule has 0 aliphatic carbocycles. The number of hydrogen-bond donors (Lipinski definition) is 0. The van der Waals surface area contributed by atoms with Crippen molar-refractivity contribution < 1.29 is 16.9 Å². The first kappa shape index (κ1) is 25.2. The van der Waals surface area contributed by atoms with Gasteiger partial charge >= 0.3 is 0 Å². The molecule has 0 N–H and O–H groups in total. The van der Waals surface area contributed by atoms with Gasteiger partial charge in [0, 0.05) is 6.42 Å². The van der Waals surface area contributed by atoms with E-state index in [4.69, 9.17) is 0 Å². The minimum Gasteiger partial charge on any atom is -1.00 e. The molecule has 0 saturated carbocycles. The van der Waals surface area contributed by atoms with Gasteiger partial charge < -0.3 is 16.9 Å². The molecule has 1 atom stereocenters. The zero-order chi connectivity index (χ0) is 18.2. The summed E-state index contributed by atoms with van der Waals surface area (Å²) < 4.78 is 1.13. The zero-order valence-electron chi connectivity index (χ0n) is 17.4. The van der Waals surface area contributed by atoms with Gasteiger partial charge in [-0.2, -0.15) is 0 Å². The monoisotopic (exact) mass is 379 g/mol. The lowest BCUT2D eigenvalue weighted by Gasteiger charge is -2.34. The number of unbranched alkanes of at least 4 members (excludes halogenated alkanes) is 9. The molecular weight excluding hydrogens is 338 g/mol. The van der Waals surface area contributed by atoms with E-state index >= 15 is 0 Å². The maximum atomic E-state index is 3.98. The Morgan fingerprint density at radius 3 is 1.88 bits per heavy atom. The van der Waals surface area contributed by atoms with Crippen molar-refractivity contribution in [3.63, 3.8) is 0 Å². The lowest BCUT2D eigenvalue weighted by Crippen LogP contribution is -3.00. The molecule has 0 aliphatic rings. The summed E-state index contributed by atoms with van der Waals surface area (Å²) in [6.45, 7) is 9.86. The first-order valence-corrected chi connectivity index (χ1v) is 10.7. The van der Waals surface area contributed by atoms with Crippen molar-refractivity contribution in [2.24, 2.45) is 0 Å². The maximum Gasteiger partial charge on any atom is 0.0969 e. The molecule has 2 heteroatoms. The summed E-state index contributed by atoms with van der Waals surface area (Å²) in [5.74, 6) is 0. The highest BCUT2D eigenvalue weighted by Gasteiger charge is 2.19. The quantitative estimate of drug-likeness (QED) is 0.233. The second kappa shape index (κ2) is 16.4. The van der Waals surface area contributed by atoms with Crippen LogP contribution in [-0.4, -0.2) is 31.2 Å². The van der Waals surface area contributed by atoms with E-state index in [2.05, 4.69) is 57.0 Å². The maximum absolute atomic E-state index is 3.98. The molecule has 150 valence electrons. The van der Waals surface area contributed by atoms with Crippen LogP contribution in [0.25, 0.3) is 0 Å².